The second-order valence-electron chi connectivity index (χ2n) is 7.85. The Bertz CT molecular complexity index is 1150. The first-order valence-electron chi connectivity index (χ1n) is 10.6. The normalized spacial score (nSPS) is 15.4. The van der Waals surface area contributed by atoms with Crippen molar-refractivity contribution in [3.8, 4) is 0 Å². The van der Waals surface area contributed by atoms with Crippen molar-refractivity contribution in [2.75, 3.05) is 50.9 Å². The monoisotopic (exact) mass is 491 g/mol. The molecule has 12 heteroatoms. The molecule has 3 aromatic rings. The van der Waals surface area contributed by atoms with Crippen molar-refractivity contribution in [2.45, 2.75) is 18.9 Å². The summed E-state index contributed by atoms with van der Waals surface area (Å²) in [4.78, 5) is 22.2. The van der Waals surface area contributed by atoms with E-state index in [0.29, 0.717) is 27.8 Å². The zero-order valence-corrected chi connectivity index (χ0v) is 20.5. The third-order valence-corrected chi connectivity index (χ3v) is 7.92. The SMILES string of the molecule is COP(=O)(CN(C)C1CCN(c2ncc3ncnc(Nc4cccc(Cl)c4)c3n2)CC1)OC. The molecule has 0 amide bonds. The van der Waals surface area contributed by atoms with Crippen LogP contribution in [-0.4, -0.2) is 71.5 Å². The molecule has 1 N–H and O–H groups in total. The second-order valence-corrected chi connectivity index (χ2v) is 10.5. The Morgan fingerprint density at radius 3 is 2.67 bits per heavy atom. The number of hydrogen-bond donors (Lipinski definition) is 1. The summed E-state index contributed by atoms with van der Waals surface area (Å²) in [6.45, 7) is 1.55. The van der Waals surface area contributed by atoms with Gasteiger partial charge in [-0.1, -0.05) is 17.7 Å². The van der Waals surface area contributed by atoms with E-state index >= 15 is 0 Å². The predicted octanol–water partition coefficient (Wildman–Crippen LogP) is 4.16. The Hall–Kier alpha value is -2.36. The zero-order valence-electron chi connectivity index (χ0n) is 18.8. The molecule has 1 aliphatic heterocycles. The molecule has 1 fully saturated rings. The lowest BCUT2D eigenvalue weighted by Gasteiger charge is -2.37. The highest BCUT2D eigenvalue weighted by molar-refractivity contribution is 7.53. The predicted molar refractivity (Wildman–Crippen MR) is 129 cm³/mol. The smallest absolute Gasteiger partial charge is 0.341 e. The number of anilines is 3. The van der Waals surface area contributed by atoms with Crippen molar-refractivity contribution in [3.05, 3.63) is 41.8 Å². The summed E-state index contributed by atoms with van der Waals surface area (Å²) in [5.41, 5.74) is 2.11. The van der Waals surface area contributed by atoms with Gasteiger partial charge in [-0.2, -0.15) is 0 Å². The van der Waals surface area contributed by atoms with Crippen molar-refractivity contribution in [2.24, 2.45) is 0 Å². The van der Waals surface area contributed by atoms with Crippen LogP contribution < -0.4 is 10.2 Å². The number of fused-ring (bicyclic) bond motifs is 1. The lowest BCUT2D eigenvalue weighted by Crippen LogP contribution is -2.44. The van der Waals surface area contributed by atoms with Gasteiger partial charge in [-0.25, -0.2) is 19.9 Å². The minimum absolute atomic E-state index is 0.257. The van der Waals surface area contributed by atoms with Crippen LogP contribution in [0, 0.1) is 0 Å². The molecule has 0 atom stereocenters. The highest BCUT2D eigenvalue weighted by Gasteiger charge is 2.30. The fourth-order valence-electron chi connectivity index (χ4n) is 3.88. The van der Waals surface area contributed by atoms with Gasteiger partial charge in [0.05, 0.1) is 6.20 Å². The molecule has 33 heavy (non-hydrogen) atoms. The van der Waals surface area contributed by atoms with E-state index < -0.39 is 7.60 Å². The van der Waals surface area contributed by atoms with Crippen LogP contribution in [0.25, 0.3) is 11.0 Å². The third kappa shape index (κ3) is 5.59. The van der Waals surface area contributed by atoms with Crippen molar-refractivity contribution in [1.29, 1.82) is 0 Å². The highest BCUT2D eigenvalue weighted by atomic mass is 35.5. The Labute approximate surface area is 197 Å². The van der Waals surface area contributed by atoms with Gasteiger partial charge in [0.25, 0.3) is 0 Å². The van der Waals surface area contributed by atoms with Crippen molar-refractivity contribution < 1.29 is 13.6 Å². The standard InChI is InChI=1S/C21H27ClN7O3P/c1-28(14-33(30,31-2)32-3)17-7-9-29(10-8-17)21-23-12-18-19(27-21)20(25-13-24-18)26-16-6-4-5-15(22)11-16/h4-6,11-13,17H,7-10,14H2,1-3H3,(H,24,25,26). The van der Waals surface area contributed by atoms with E-state index in [1.165, 1.54) is 20.5 Å². The molecule has 176 valence electrons. The number of hydrogen-bond acceptors (Lipinski definition) is 10. The summed E-state index contributed by atoms with van der Waals surface area (Å²) in [5.74, 6) is 1.22. The number of piperidine rings is 1. The number of nitrogens with zero attached hydrogens (tertiary/aromatic N) is 6. The van der Waals surface area contributed by atoms with Crippen LogP contribution in [-0.2, 0) is 13.6 Å². The largest absolute Gasteiger partial charge is 0.344 e. The molecular formula is C21H27ClN7O3P. The van der Waals surface area contributed by atoms with Crippen molar-refractivity contribution in [1.82, 2.24) is 24.8 Å². The maximum Gasteiger partial charge on any atom is 0.344 e. The van der Waals surface area contributed by atoms with Gasteiger partial charge in [-0.05, 0) is 38.1 Å². The molecule has 10 nitrogen and oxygen atoms in total. The quantitative estimate of drug-likeness (QED) is 0.461. The maximum atomic E-state index is 12.5. The molecule has 0 spiro atoms. The topological polar surface area (TPSA) is 106 Å². The van der Waals surface area contributed by atoms with E-state index in [1.54, 1.807) is 6.20 Å². The van der Waals surface area contributed by atoms with Gasteiger partial charge in [0.1, 0.15) is 23.6 Å². The first-order valence-corrected chi connectivity index (χ1v) is 12.7. The van der Waals surface area contributed by atoms with Gasteiger partial charge >= 0.3 is 7.60 Å². The molecule has 4 rings (SSSR count). The third-order valence-electron chi connectivity index (χ3n) is 5.78. The fraction of sp³-hybridized carbons (Fsp3) is 0.429. The summed E-state index contributed by atoms with van der Waals surface area (Å²) >= 11 is 6.10. The maximum absolute atomic E-state index is 12.5. The van der Waals surface area contributed by atoms with Crippen LogP contribution in [0.2, 0.25) is 5.02 Å². The molecule has 2 aromatic heterocycles. The summed E-state index contributed by atoms with van der Waals surface area (Å²) in [5, 5.41) is 3.90. The first kappa shape index (κ1) is 23.8. The number of nitrogens with one attached hydrogen (secondary N) is 1. The van der Waals surface area contributed by atoms with E-state index in [2.05, 4.69) is 25.2 Å². The van der Waals surface area contributed by atoms with Crippen molar-refractivity contribution >= 4 is 47.7 Å². The molecule has 1 saturated heterocycles. The number of aromatic nitrogens is 4. The van der Waals surface area contributed by atoms with Gasteiger partial charge in [-0.3, -0.25) is 9.46 Å². The Kier molecular flexibility index (Phi) is 7.41. The van der Waals surface area contributed by atoms with Gasteiger partial charge in [0, 0.05) is 44.1 Å². The summed E-state index contributed by atoms with van der Waals surface area (Å²) in [6, 6.07) is 7.69. The molecule has 1 aliphatic rings. The second kappa shape index (κ2) is 10.3. The van der Waals surface area contributed by atoms with Gasteiger partial charge in [0.2, 0.25) is 5.95 Å². The van der Waals surface area contributed by atoms with Crippen LogP contribution >= 0.6 is 19.2 Å². The van der Waals surface area contributed by atoms with Crippen LogP contribution in [0.3, 0.4) is 0 Å². The number of rotatable bonds is 8. The molecule has 0 bridgehead atoms. The van der Waals surface area contributed by atoms with E-state index in [4.69, 9.17) is 25.6 Å². The number of halogens is 1. The molecule has 0 unspecified atom stereocenters. The molecule has 3 heterocycles. The van der Waals surface area contributed by atoms with Gasteiger partial charge < -0.3 is 19.3 Å². The van der Waals surface area contributed by atoms with E-state index in [9.17, 15) is 4.57 Å². The average molecular weight is 492 g/mol. The lowest BCUT2D eigenvalue weighted by atomic mass is 10.0. The summed E-state index contributed by atoms with van der Waals surface area (Å²) in [7, 11) is 1.69. The van der Waals surface area contributed by atoms with E-state index in [-0.39, 0.29) is 12.3 Å². The van der Waals surface area contributed by atoms with Crippen LogP contribution in [0.4, 0.5) is 17.5 Å². The zero-order chi connectivity index (χ0) is 23.4. The van der Waals surface area contributed by atoms with Crippen LogP contribution in [0.5, 0.6) is 0 Å². The average Bonchev–Trinajstić information content (AvgIpc) is 2.84. The number of benzene rings is 1. The summed E-state index contributed by atoms with van der Waals surface area (Å²) < 4.78 is 22.6. The van der Waals surface area contributed by atoms with E-state index in [0.717, 1.165) is 31.6 Å². The Morgan fingerprint density at radius 1 is 1.21 bits per heavy atom. The lowest BCUT2D eigenvalue weighted by molar-refractivity contribution is 0.201. The molecule has 0 radical (unpaired) electrons. The molecular weight excluding hydrogens is 465 g/mol. The minimum atomic E-state index is -3.08. The Morgan fingerprint density at radius 2 is 1.97 bits per heavy atom. The fourth-order valence-corrected chi connectivity index (χ4v) is 5.22. The summed E-state index contributed by atoms with van der Waals surface area (Å²) in [6.07, 6.45) is 5.22. The molecule has 0 aliphatic carbocycles. The molecule has 0 saturated carbocycles. The van der Waals surface area contributed by atoms with Gasteiger partial charge in [0.15, 0.2) is 5.82 Å². The van der Waals surface area contributed by atoms with Crippen LogP contribution in [0.15, 0.2) is 36.8 Å². The first-order chi connectivity index (χ1) is 15.9. The van der Waals surface area contributed by atoms with E-state index in [1.807, 2.05) is 36.2 Å². The minimum Gasteiger partial charge on any atom is -0.341 e. The van der Waals surface area contributed by atoms with Gasteiger partial charge in [-0.15, -0.1) is 0 Å². The van der Waals surface area contributed by atoms with Crippen molar-refractivity contribution in [3.63, 3.8) is 0 Å². The van der Waals surface area contributed by atoms with Crippen LogP contribution in [0.1, 0.15) is 12.8 Å². The Balaban J connectivity index is 1.48. The molecule has 1 aromatic carbocycles. The highest BCUT2D eigenvalue weighted by Crippen LogP contribution is 2.47.